The highest BCUT2D eigenvalue weighted by Crippen LogP contribution is 2.34. The number of sulfonamides is 1. The first-order valence-corrected chi connectivity index (χ1v) is 22.6. The van der Waals surface area contributed by atoms with E-state index in [1.807, 2.05) is 6.07 Å². The third-order valence-electron chi connectivity index (χ3n) is 11.3. The lowest BCUT2D eigenvalue weighted by atomic mass is 9.96. The van der Waals surface area contributed by atoms with Gasteiger partial charge >= 0.3 is 6.03 Å². The fraction of sp³-hybridized carbons (Fsp3) is 0.550. The Balaban J connectivity index is 1.20. The van der Waals surface area contributed by atoms with Crippen LogP contribution in [0.25, 0.3) is 10.8 Å². The van der Waals surface area contributed by atoms with Crippen molar-refractivity contribution < 1.29 is 47.0 Å². The summed E-state index contributed by atoms with van der Waals surface area (Å²) >= 11 is 1.78. The zero-order valence-electron chi connectivity index (χ0n) is 33.7. The topological polar surface area (TPSA) is 246 Å². The van der Waals surface area contributed by atoms with E-state index in [1.165, 1.54) is 17.9 Å². The molecule has 6 rings (SSSR count). The minimum absolute atomic E-state index is 0.0139. The average Bonchev–Trinajstić information content (AvgIpc) is 3.78. The summed E-state index contributed by atoms with van der Waals surface area (Å²) in [6, 6.07) is 4.82. The van der Waals surface area contributed by atoms with Crippen LogP contribution < -0.4 is 40.8 Å². The number of carbonyl (C=O) groups is 5. The molecule has 18 nitrogen and oxygen atoms in total. The average molecular weight is 871 g/mol. The molecule has 1 saturated carbocycles. The molecule has 8 atom stereocenters. The van der Waals surface area contributed by atoms with Crippen LogP contribution in [0.5, 0.6) is 11.6 Å². The molecule has 4 heterocycles. The van der Waals surface area contributed by atoms with Crippen LogP contribution in [0.3, 0.4) is 0 Å². The van der Waals surface area contributed by atoms with Crippen molar-refractivity contribution in [2.75, 3.05) is 26.0 Å². The van der Waals surface area contributed by atoms with Crippen LogP contribution in [0, 0.1) is 0 Å². The summed E-state index contributed by atoms with van der Waals surface area (Å²) in [6.45, 7) is 8.29. The summed E-state index contributed by atoms with van der Waals surface area (Å²) in [5.74, 6) is -0.896. The molecule has 20 heteroatoms. The molecule has 0 bridgehead atoms. The van der Waals surface area contributed by atoms with Crippen molar-refractivity contribution in [3.05, 3.63) is 55.8 Å². The number of hydrogen-bond donors (Lipinski definition) is 7. The maximum atomic E-state index is 14.4. The number of nitrogens with zero attached hydrogens (tertiary/aromatic N) is 2. The van der Waals surface area contributed by atoms with E-state index in [2.05, 4.69) is 49.4 Å². The number of carbonyl (C=O) groups excluding carboxylic acids is 5. The molecule has 3 aliphatic heterocycles. The van der Waals surface area contributed by atoms with Gasteiger partial charge in [-0.25, -0.2) is 18.2 Å². The Kier molecular flexibility index (Phi) is 14.3. The standard InChI is InChI=1S/C40H54N8O10S2/c1-5-16-40(3,38(53)47-60(55,56)26-12-13-26)46-35(51)30-19-25(58-36-27-14-11-24(57-4)18-23(27)15-17-41-36)21-48(30)37(52)28(20-42-32(49)6-2)43-33(50)10-8-7-9-31-34-29(22-59-31)44-39(54)45-34/h5-6,11,14-15,17-18,25-26,28-31,34,37,52H,1-2,7-10,12-13,16,19-22H2,3-4H3,(H,42,49)(H,43,50)(H,46,51)(H,47,53)(H2,44,45,54). The van der Waals surface area contributed by atoms with Crippen LogP contribution in [0.15, 0.2) is 55.8 Å². The third-order valence-corrected chi connectivity index (χ3v) is 14.6. The van der Waals surface area contributed by atoms with Gasteiger partial charge < -0.3 is 41.2 Å². The van der Waals surface area contributed by atoms with Gasteiger partial charge in [0.1, 0.15) is 23.6 Å². The molecule has 8 unspecified atom stereocenters. The Morgan fingerprint density at radius 2 is 1.95 bits per heavy atom. The molecule has 6 amide bonds. The second-order valence-electron chi connectivity index (χ2n) is 15.8. The lowest BCUT2D eigenvalue weighted by molar-refractivity contribution is -0.138. The van der Waals surface area contributed by atoms with Gasteiger partial charge in [0, 0.05) is 48.5 Å². The summed E-state index contributed by atoms with van der Waals surface area (Å²) in [5.41, 5.74) is -1.75. The number of fused-ring (bicyclic) bond motifs is 2. The first-order valence-electron chi connectivity index (χ1n) is 20.0. The molecule has 60 heavy (non-hydrogen) atoms. The Labute approximate surface area is 353 Å². The Hall–Kier alpha value is -4.92. The first kappa shape index (κ1) is 44.6. The molecule has 0 spiro atoms. The number of pyridine rings is 1. The van der Waals surface area contributed by atoms with Gasteiger partial charge in [0.15, 0.2) is 0 Å². The predicted molar refractivity (Wildman–Crippen MR) is 224 cm³/mol. The number of amides is 6. The van der Waals surface area contributed by atoms with Crippen LogP contribution in [-0.4, -0.2) is 132 Å². The fourth-order valence-electron chi connectivity index (χ4n) is 7.81. The zero-order valence-corrected chi connectivity index (χ0v) is 35.3. The lowest BCUT2D eigenvalue weighted by Gasteiger charge is -2.36. The molecule has 3 saturated heterocycles. The molecule has 1 aromatic heterocycles. The van der Waals surface area contributed by atoms with Crippen LogP contribution in [-0.2, 0) is 29.2 Å². The molecule has 4 fully saturated rings. The van der Waals surface area contributed by atoms with Crippen molar-refractivity contribution in [1.29, 1.82) is 0 Å². The van der Waals surface area contributed by atoms with E-state index in [1.54, 1.807) is 43.3 Å². The molecule has 0 radical (unpaired) electrons. The highest BCUT2D eigenvalue weighted by atomic mass is 32.2. The zero-order chi connectivity index (χ0) is 43.2. The quantitative estimate of drug-likeness (QED) is 0.0401. The number of aliphatic hydroxyl groups is 1. The second-order valence-corrected chi connectivity index (χ2v) is 19.0. The molecule has 7 N–H and O–H groups in total. The first-order chi connectivity index (χ1) is 28.6. The fourth-order valence-corrected chi connectivity index (χ4v) is 10.8. The van der Waals surface area contributed by atoms with E-state index in [0.29, 0.717) is 36.8 Å². The van der Waals surface area contributed by atoms with E-state index >= 15 is 0 Å². The number of thioether (sulfide) groups is 1. The number of benzene rings is 1. The highest BCUT2D eigenvalue weighted by molar-refractivity contribution is 8.00. The van der Waals surface area contributed by atoms with Gasteiger partial charge in [-0.05, 0) is 74.8 Å². The maximum Gasteiger partial charge on any atom is 0.315 e. The number of ether oxygens (including phenoxy) is 2. The number of likely N-dealkylation sites (tertiary alicyclic amines) is 1. The maximum absolute atomic E-state index is 14.4. The van der Waals surface area contributed by atoms with Crippen LogP contribution in [0.4, 0.5) is 4.79 Å². The van der Waals surface area contributed by atoms with Crippen LogP contribution in [0.2, 0.25) is 0 Å². The van der Waals surface area contributed by atoms with Crippen molar-refractivity contribution in [2.24, 2.45) is 0 Å². The van der Waals surface area contributed by atoms with Gasteiger partial charge in [-0.3, -0.25) is 28.8 Å². The van der Waals surface area contributed by atoms with Crippen LogP contribution in [0.1, 0.15) is 58.3 Å². The Bertz CT molecular complexity index is 2090. The van der Waals surface area contributed by atoms with Gasteiger partial charge in [-0.15, -0.1) is 6.58 Å². The number of aromatic nitrogens is 1. The number of methoxy groups -OCH3 is 1. The van der Waals surface area contributed by atoms with E-state index in [-0.39, 0.29) is 61.6 Å². The number of urea groups is 1. The van der Waals surface area contributed by atoms with Crippen molar-refractivity contribution in [2.45, 2.75) is 111 Å². The highest BCUT2D eigenvalue weighted by Gasteiger charge is 2.48. The number of rotatable bonds is 21. The van der Waals surface area contributed by atoms with Crippen LogP contribution >= 0.6 is 11.8 Å². The van der Waals surface area contributed by atoms with Gasteiger partial charge in [-0.1, -0.05) is 19.1 Å². The van der Waals surface area contributed by atoms with Gasteiger partial charge in [0.2, 0.25) is 33.6 Å². The summed E-state index contributed by atoms with van der Waals surface area (Å²) in [5, 5.41) is 27.1. The number of hydrogen-bond acceptors (Lipinski definition) is 13. The normalized spacial score (nSPS) is 24.4. The van der Waals surface area contributed by atoms with Gasteiger partial charge in [0.25, 0.3) is 5.91 Å². The number of unbranched alkanes of at least 4 members (excludes halogenated alkanes) is 1. The minimum atomic E-state index is -3.96. The van der Waals surface area contributed by atoms with E-state index in [4.69, 9.17) is 9.47 Å². The monoisotopic (exact) mass is 870 g/mol. The molecular weight excluding hydrogens is 817 g/mol. The van der Waals surface area contributed by atoms with Crippen molar-refractivity contribution in [3.8, 4) is 11.6 Å². The van der Waals surface area contributed by atoms with Crippen molar-refractivity contribution >= 4 is 62.2 Å². The smallest absolute Gasteiger partial charge is 0.315 e. The van der Waals surface area contributed by atoms with E-state index < -0.39 is 68.9 Å². The SMILES string of the molecule is C=CCC(C)(NC(=O)C1CC(Oc2nccc3cc(OC)ccc23)CN1C(O)C(CNC(=O)C=C)NC(=O)CCCCC1SCC2NC(=O)NC21)C(=O)NS(=O)(=O)C1CC1. The Morgan fingerprint density at radius 1 is 1.17 bits per heavy atom. The lowest BCUT2D eigenvalue weighted by Crippen LogP contribution is -2.63. The van der Waals surface area contributed by atoms with Gasteiger partial charge in [-0.2, -0.15) is 11.8 Å². The van der Waals surface area contributed by atoms with Crippen molar-refractivity contribution in [3.63, 3.8) is 0 Å². The number of nitrogens with one attached hydrogen (secondary N) is 6. The summed E-state index contributed by atoms with van der Waals surface area (Å²) < 4.78 is 39.4. The molecule has 1 aromatic carbocycles. The molecule has 326 valence electrons. The number of aliphatic hydroxyl groups excluding tert-OH is 1. The molecule has 2 aromatic rings. The van der Waals surface area contributed by atoms with Crippen molar-refractivity contribution in [1.82, 2.24) is 41.2 Å². The summed E-state index contributed by atoms with van der Waals surface area (Å²) in [4.78, 5) is 71.3. The Morgan fingerprint density at radius 3 is 2.67 bits per heavy atom. The summed E-state index contributed by atoms with van der Waals surface area (Å²) in [7, 11) is -2.41. The summed E-state index contributed by atoms with van der Waals surface area (Å²) in [6.07, 6.45) is 4.54. The largest absolute Gasteiger partial charge is 0.497 e. The predicted octanol–water partition coefficient (Wildman–Crippen LogP) is 0.956. The molecular formula is C40H54N8O10S2. The van der Waals surface area contributed by atoms with Gasteiger partial charge in [0.05, 0.1) is 36.5 Å². The van der Waals surface area contributed by atoms with E-state index in [9.17, 15) is 37.5 Å². The molecule has 4 aliphatic rings. The molecule has 1 aliphatic carbocycles. The third kappa shape index (κ3) is 10.7. The van der Waals surface area contributed by atoms with E-state index in [0.717, 1.165) is 23.6 Å². The second kappa shape index (κ2) is 19.2. The minimum Gasteiger partial charge on any atom is -0.497 e.